The molecule has 6 heteroatoms. The van der Waals surface area contributed by atoms with Crippen LogP contribution in [0.25, 0.3) is 0 Å². The molecule has 0 aliphatic heterocycles. The van der Waals surface area contributed by atoms with Crippen molar-refractivity contribution in [2.24, 2.45) is 0 Å². The lowest BCUT2D eigenvalue weighted by Gasteiger charge is -2.08. The maximum atomic E-state index is 13.1. The summed E-state index contributed by atoms with van der Waals surface area (Å²) in [4.78, 5) is 15.7. The third-order valence-corrected chi connectivity index (χ3v) is 3.19. The van der Waals surface area contributed by atoms with Gasteiger partial charge in [0.15, 0.2) is 0 Å². The van der Waals surface area contributed by atoms with Gasteiger partial charge >= 0.3 is 0 Å². The van der Waals surface area contributed by atoms with Gasteiger partial charge in [-0.15, -0.1) is 0 Å². The molecule has 19 heavy (non-hydrogen) atoms. The summed E-state index contributed by atoms with van der Waals surface area (Å²) in [5.41, 5.74) is 1.40. The van der Waals surface area contributed by atoms with E-state index in [1.54, 1.807) is 13.0 Å². The van der Waals surface area contributed by atoms with Crippen LogP contribution in [0.3, 0.4) is 0 Å². The highest BCUT2D eigenvalue weighted by atomic mass is 35.5. The normalized spacial score (nSPS) is 10.3. The number of aryl methyl sites for hydroxylation is 1. The van der Waals surface area contributed by atoms with E-state index in [4.69, 9.17) is 23.2 Å². The zero-order valence-corrected chi connectivity index (χ0v) is 11.4. The van der Waals surface area contributed by atoms with Crippen molar-refractivity contribution >= 4 is 34.8 Å². The number of aromatic nitrogens is 1. The molecule has 0 spiro atoms. The molecule has 0 aliphatic carbocycles. The Hall–Kier alpha value is -1.65. The highest BCUT2D eigenvalue weighted by Crippen LogP contribution is 2.21. The van der Waals surface area contributed by atoms with E-state index in [-0.39, 0.29) is 15.7 Å². The van der Waals surface area contributed by atoms with Gasteiger partial charge in [-0.3, -0.25) is 4.79 Å². The zero-order chi connectivity index (χ0) is 14.0. The van der Waals surface area contributed by atoms with Gasteiger partial charge < -0.3 is 5.32 Å². The molecule has 2 aromatic rings. The van der Waals surface area contributed by atoms with Gasteiger partial charge in [-0.25, -0.2) is 9.37 Å². The van der Waals surface area contributed by atoms with Crippen LogP contribution >= 0.6 is 23.2 Å². The van der Waals surface area contributed by atoms with Gasteiger partial charge in [-0.1, -0.05) is 29.3 Å². The first-order valence-corrected chi connectivity index (χ1v) is 6.11. The van der Waals surface area contributed by atoms with Crippen LogP contribution in [0.5, 0.6) is 0 Å². The molecule has 1 aromatic carbocycles. The number of rotatable bonds is 2. The van der Waals surface area contributed by atoms with Gasteiger partial charge in [0.2, 0.25) is 0 Å². The highest BCUT2D eigenvalue weighted by Gasteiger charge is 2.11. The van der Waals surface area contributed by atoms with Crippen LogP contribution in [0.15, 0.2) is 30.5 Å². The van der Waals surface area contributed by atoms with Crippen molar-refractivity contribution in [3.8, 4) is 0 Å². The first kappa shape index (κ1) is 13.8. The maximum Gasteiger partial charge on any atom is 0.257 e. The lowest BCUT2D eigenvalue weighted by molar-refractivity contribution is 0.102. The highest BCUT2D eigenvalue weighted by molar-refractivity contribution is 6.41. The summed E-state index contributed by atoms with van der Waals surface area (Å²) < 4.78 is 13.1. The van der Waals surface area contributed by atoms with E-state index >= 15 is 0 Å². The van der Waals surface area contributed by atoms with Gasteiger partial charge in [0.1, 0.15) is 11.0 Å². The molecule has 0 radical (unpaired) electrons. The van der Waals surface area contributed by atoms with Crippen molar-refractivity contribution in [1.82, 2.24) is 4.98 Å². The molecule has 98 valence electrons. The summed E-state index contributed by atoms with van der Waals surface area (Å²) in [6.45, 7) is 1.77. The lowest BCUT2D eigenvalue weighted by Crippen LogP contribution is -2.13. The predicted molar refractivity (Wildman–Crippen MR) is 73.3 cm³/mol. The molecular formula is C13H9Cl2FN2O. The summed E-state index contributed by atoms with van der Waals surface area (Å²) >= 11 is 11.5. The second-order valence-corrected chi connectivity index (χ2v) is 4.68. The Balaban J connectivity index is 2.25. The molecule has 0 saturated heterocycles. The number of hydrogen-bond acceptors (Lipinski definition) is 2. The fourth-order valence-electron chi connectivity index (χ4n) is 1.47. The van der Waals surface area contributed by atoms with Gasteiger partial charge in [0, 0.05) is 11.9 Å². The van der Waals surface area contributed by atoms with Crippen LogP contribution in [0.2, 0.25) is 10.2 Å². The second-order valence-electron chi connectivity index (χ2n) is 3.91. The third kappa shape index (κ3) is 3.22. The van der Waals surface area contributed by atoms with E-state index in [1.807, 2.05) is 0 Å². The minimum absolute atomic E-state index is 0.125. The van der Waals surface area contributed by atoms with Crippen molar-refractivity contribution in [2.75, 3.05) is 5.32 Å². The Morgan fingerprint density at radius 1 is 1.32 bits per heavy atom. The molecule has 1 N–H and O–H groups in total. The molecule has 3 nitrogen and oxygen atoms in total. The largest absolute Gasteiger partial charge is 0.322 e. The number of halogens is 3. The predicted octanol–water partition coefficient (Wildman–Crippen LogP) is 4.09. The summed E-state index contributed by atoms with van der Waals surface area (Å²) in [6.07, 6.45) is 1.30. The minimum Gasteiger partial charge on any atom is -0.322 e. The molecule has 0 bridgehead atoms. The number of amides is 1. The standard InChI is InChI=1S/C13H9Cl2FN2O/c1-7-2-3-9(16)5-11(7)18-13(19)8-4-10(14)12(15)17-6-8/h2-6H,1H3,(H,18,19). The average molecular weight is 299 g/mol. The Morgan fingerprint density at radius 2 is 2.05 bits per heavy atom. The SMILES string of the molecule is Cc1ccc(F)cc1NC(=O)c1cnc(Cl)c(Cl)c1. The van der Waals surface area contributed by atoms with E-state index in [2.05, 4.69) is 10.3 Å². The second kappa shape index (κ2) is 5.55. The quantitative estimate of drug-likeness (QED) is 0.849. The number of hydrogen-bond donors (Lipinski definition) is 1. The van der Waals surface area contributed by atoms with Crippen LogP contribution < -0.4 is 5.32 Å². The van der Waals surface area contributed by atoms with Crippen molar-refractivity contribution in [3.63, 3.8) is 0 Å². The first-order valence-electron chi connectivity index (χ1n) is 5.36. The van der Waals surface area contributed by atoms with Gasteiger partial charge in [-0.2, -0.15) is 0 Å². The molecule has 0 unspecified atom stereocenters. The molecule has 0 saturated carbocycles. The van der Waals surface area contributed by atoms with Gasteiger partial charge in [-0.05, 0) is 30.7 Å². The minimum atomic E-state index is -0.431. The molecular weight excluding hydrogens is 290 g/mol. The monoisotopic (exact) mass is 298 g/mol. The Labute approximate surface area is 119 Å². The fraction of sp³-hybridized carbons (Fsp3) is 0.0769. The topological polar surface area (TPSA) is 42.0 Å². The first-order chi connectivity index (χ1) is 8.97. The Morgan fingerprint density at radius 3 is 2.74 bits per heavy atom. The molecule has 0 aliphatic rings. The number of benzene rings is 1. The van der Waals surface area contributed by atoms with Gasteiger partial charge in [0.25, 0.3) is 5.91 Å². The van der Waals surface area contributed by atoms with E-state index < -0.39 is 11.7 Å². The fourth-order valence-corrected chi connectivity index (χ4v) is 1.74. The molecule has 1 aromatic heterocycles. The van der Waals surface area contributed by atoms with E-state index in [0.717, 1.165) is 5.56 Å². The summed E-state index contributed by atoms with van der Waals surface area (Å²) in [5, 5.41) is 2.90. The van der Waals surface area contributed by atoms with E-state index in [9.17, 15) is 9.18 Å². The van der Waals surface area contributed by atoms with Crippen molar-refractivity contribution in [3.05, 3.63) is 57.6 Å². The summed E-state index contributed by atoms with van der Waals surface area (Å²) in [5.74, 6) is -0.854. The third-order valence-electron chi connectivity index (χ3n) is 2.51. The maximum absolute atomic E-state index is 13.1. The Bertz CT molecular complexity index is 647. The van der Waals surface area contributed by atoms with E-state index in [1.165, 1.54) is 24.4 Å². The molecule has 0 atom stereocenters. The van der Waals surface area contributed by atoms with Crippen LogP contribution in [0.1, 0.15) is 15.9 Å². The van der Waals surface area contributed by atoms with Crippen LogP contribution in [-0.2, 0) is 0 Å². The summed E-state index contributed by atoms with van der Waals surface area (Å²) in [7, 11) is 0. The van der Waals surface area contributed by atoms with Crippen LogP contribution in [-0.4, -0.2) is 10.9 Å². The number of nitrogens with zero attached hydrogens (tertiary/aromatic N) is 1. The zero-order valence-electron chi connectivity index (χ0n) is 9.88. The molecule has 1 heterocycles. The smallest absolute Gasteiger partial charge is 0.257 e. The summed E-state index contributed by atoms with van der Waals surface area (Å²) in [6, 6.07) is 5.56. The Kier molecular flexibility index (Phi) is 4.02. The van der Waals surface area contributed by atoms with E-state index in [0.29, 0.717) is 5.69 Å². The molecule has 1 amide bonds. The number of nitrogens with one attached hydrogen (secondary N) is 1. The average Bonchev–Trinajstić information content (AvgIpc) is 2.37. The molecule has 0 fully saturated rings. The van der Waals surface area contributed by atoms with Gasteiger partial charge in [0.05, 0.1) is 10.6 Å². The van der Waals surface area contributed by atoms with Crippen molar-refractivity contribution in [1.29, 1.82) is 0 Å². The van der Waals surface area contributed by atoms with Crippen molar-refractivity contribution < 1.29 is 9.18 Å². The van der Waals surface area contributed by atoms with Crippen LogP contribution in [0, 0.1) is 12.7 Å². The van der Waals surface area contributed by atoms with Crippen molar-refractivity contribution in [2.45, 2.75) is 6.92 Å². The number of carbonyl (C=O) groups excluding carboxylic acids is 1. The molecule has 2 rings (SSSR count). The number of anilines is 1. The number of pyridine rings is 1. The lowest BCUT2D eigenvalue weighted by atomic mass is 10.2. The van der Waals surface area contributed by atoms with Crippen LogP contribution in [0.4, 0.5) is 10.1 Å². The number of carbonyl (C=O) groups is 1.